The second-order valence-corrected chi connectivity index (χ2v) is 6.20. The van der Waals surface area contributed by atoms with Crippen molar-refractivity contribution in [2.75, 3.05) is 5.32 Å². The number of imidazole rings is 1. The summed E-state index contributed by atoms with van der Waals surface area (Å²) < 4.78 is 1.68. The number of anilines is 2. The largest absolute Gasteiger partial charge is 0.361 e. The highest BCUT2D eigenvalue weighted by Crippen LogP contribution is 2.34. The van der Waals surface area contributed by atoms with Crippen molar-refractivity contribution in [2.24, 2.45) is 7.05 Å². The molecule has 7 nitrogen and oxygen atoms in total. The van der Waals surface area contributed by atoms with E-state index in [4.69, 9.17) is 0 Å². The lowest BCUT2D eigenvalue weighted by Gasteiger charge is -2.16. The minimum Gasteiger partial charge on any atom is -0.361 e. The van der Waals surface area contributed by atoms with E-state index in [0.29, 0.717) is 34.6 Å². The molecule has 0 radical (unpaired) electrons. The van der Waals surface area contributed by atoms with Crippen molar-refractivity contribution < 1.29 is 4.79 Å². The molecule has 0 amide bonds. The topological polar surface area (TPSA) is 99.4 Å². The molecule has 3 aromatic heterocycles. The van der Waals surface area contributed by atoms with Gasteiger partial charge in [-0.25, -0.2) is 4.98 Å². The van der Waals surface area contributed by atoms with Crippen molar-refractivity contribution in [3.63, 3.8) is 0 Å². The fourth-order valence-corrected chi connectivity index (χ4v) is 3.21. The molecular weight excluding hydrogens is 340 g/mol. The Bertz CT molecular complexity index is 1210. The summed E-state index contributed by atoms with van der Waals surface area (Å²) in [5, 5.41) is 14.1. The van der Waals surface area contributed by atoms with E-state index in [-0.39, 0.29) is 0 Å². The molecule has 0 atom stereocenters. The maximum atomic E-state index is 11.1. The summed E-state index contributed by atoms with van der Waals surface area (Å²) in [4.78, 5) is 22.6. The molecular formula is C20H16N6O. The first-order chi connectivity index (χ1) is 13.1. The Balaban J connectivity index is 1.88. The monoisotopic (exact) mass is 356 g/mol. The van der Waals surface area contributed by atoms with E-state index in [1.807, 2.05) is 31.3 Å². The van der Waals surface area contributed by atoms with Crippen LogP contribution in [0.5, 0.6) is 0 Å². The third-order valence-electron chi connectivity index (χ3n) is 4.74. The Hall–Kier alpha value is -3.92. The van der Waals surface area contributed by atoms with Crippen LogP contribution in [0, 0.1) is 18.3 Å². The maximum absolute atomic E-state index is 11.1. The third-order valence-corrected chi connectivity index (χ3v) is 4.74. The number of rotatable bonds is 4. The smallest absolute Gasteiger partial charge is 0.185 e. The first kappa shape index (κ1) is 16.5. The van der Waals surface area contributed by atoms with Gasteiger partial charge in [-0.3, -0.25) is 9.78 Å². The van der Waals surface area contributed by atoms with Gasteiger partial charge in [0.2, 0.25) is 0 Å². The Kier molecular flexibility index (Phi) is 3.94. The molecule has 0 aliphatic carbocycles. The molecule has 0 saturated carbocycles. The van der Waals surface area contributed by atoms with Gasteiger partial charge in [0.1, 0.15) is 6.07 Å². The van der Waals surface area contributed by atoms with E-state index in [9.17, 15) is 10.1 Å². The Morgan fingerprint density at radius 2 is 2.11 bits per heavy atom. The summed E-state index contributed by atoms with van der Waals surface area (Å²) in [6.45, 7) is 2.03. The quantitative estimate of drug-likeness (QED) is 0.543. The van der Waals surface area contributed by atoms with Gasteiger partial charge in [0.15, 0.2) is 12.1 Å². The molecule has 0 aliphatic rings. The number of aryl methyl sites for hydroxylation is 1. The molecule has 0 bridgehead atoms. The normalized spacial score (nSPS) is 10.7. The third kappa shape index (κ3) is 2.64. The van der Waals surface area contributed by atoms with Gasteiger partial charge in [0, 0.05) is 47.8 Å². The van der Waals surface area contributed by atoms with E-state index >= 15 is 0 Å². The molecule has 3 heterocycles. The van der Waals surface area contributed by atoms with E-state index in [2.05, 4.69) is 26.3 Å². The summed E-state index contributed by atoms with van der Waals surface area (Å²) in [5.41, 5.74) is 5.45. The molecule has 0 saturated heterocycles. The lowest BCUT2D eigenvalue weighted by Crippen LogP contribution is -2.03. The Morgan fingerprint density at radius 1 is 1.26 bits per heavy atom. The number of nitriles is 1. The van der Waals surface area contributed by atoms with Crippen LogP contribution in [0.25, 0.3) is 22.2 Å². The molecule has 0 aliphatic heterocycles. The molecule has 4 rings (SSSR count). The van der Waals surface area contributed by atoms with Crippen LogP contribution in [-0.2, 0) is 7.05 Å². The van der Waals surface area contributed by atoms with Crippen molar-refractivity contribution in [1.82, 2.24) is 19.5 Å². The van der Waals surface area contributed by atoms with E-state index in [1.165, 1.54) is 6.20 Å². The van der Waals surface area contributed by atoms with Gasteiger partial charge in [-0.15, -0.1) is 0 Å². The minimum atomic E-state index is 0.309. The van der Waals surface area contributed by atoms with Crippen LogP contribution in [0.1, 0.15) is 21.7 Å². The van der Waals surface area contributed by atoms with Gasteiger partial charge >= 0.3 is 0 Å². The Labute approximate surface area is 155 Å². The highest BCUT2D eigenvalue weighted by molar-refractivity contribution is 5.91. The Morgan fingerprint density at radius 3 is 2.85 bits per heavy atom. The van der Waals surface area contributed by atoms with Gasteiger partial charge in [-0.1, -0.05) is 0 Å². The molecule has 132 valence electrons. The molecule has 7 heteroatoms. The number of nitrogens with zero attached hydrogens (tertiary/aromatic N) is 4. The van der Waals surface area contributed by atoms with Crippen LogP contribution in [0.15, 0.2) is 43.0 Å². The molecule has 0 unspecified atom stereocenters. The lowest BCUT2D eigenvalue weighted by molar-refractivity contribution is 0.111. The number of nitrogens with one attached hydrogen (secondary N) is 2. The van der Waals surface area contributed by atoms with Crippen LogP contribution in [0.2, 0.25) is 0 Å². The summed E-state index contributed by atoms with van der Waals surface area (Å²) in [6.07, 6.45) is 7.39. The standard InChI is InChI=1S/C20H16N6O/c1-12-14-5-6-23-17(14)4-3-16(12)25-20-13(7-21)8-22-9-15(20)18-10-24-19(11-27)26(18)2/h3-6,8-11,23H,1-2H3,(H,22,25). The van der Waals surface area contributed by atoms with Crippen LogP contribution >= 0.6 is 0 Å². The van der Waals surface area contributed by atoms with E-state index in [0.717, 1.165) is 22.2 Å². The van der Waals surface area contributed by atoms with Crippen LogP contribution in [0.3, 0.4) is 0 Å². The summed E-state index contributed by atoms with van der Waals surface area (Å²) >= 11 is 0. The van der Waals surface area contributed by atoms with Crippen LogP contribution in [0.4, 0.5) is 11.4 Å². The molecule has 27 heavy (non-hydrogen) atoms. The maximum Gasteiger partial charge on any atom is 0.185 e. The van der Waals surface area contributed by atoms with Gasteiger partial charge in [0.05, 0.1) is 23.1 Å². The number of carbonyl (C=O) groups is 1. The minimum absolute atomic E-state index is 0.309. The second kappa shape index (κ2) is 6.42. The molecule has 1 aromatic carbocycles. The molecule has 4 aromatic rings. The van der Waals surface area contributed by atoms with Gasteiger partial charge in [-0.05, 0) is 30.7 Å². The van der Waals surface area contributed by atoms with E-state index < -0.39 is 0 Å². The first-order valence-electron chi connectivity index (χ1n) is 8.33. The number of aromatic amines is 1. The van der Waals surface area contributed by atoms with E-state index in [1.54, 1.807) is 24.0 Å². The summed E-state index contributed by atoms with van der Waals surface area (Å²) in [7, 11) is 1.76. The lowest BCUT2D eigenvalue weighted by atomic mass is 10.1. The van der Waals surface area contributed by atoms with Gasteiger partial charge in [0.25, 0.3) is 0 Å². The highest BCUT2D eigenvalue weighted by atomic mass is 16.1. The number of hydrogen-bond acceptors (Lipinski definition) is 5. The number of benzene rings is 1. The summed E-state index contributed by atoms with van der Waals surface area (Å²) in [5.74, 6) is 0.309. The molecule has 2 N–H and O–H groups in total. The van der Waals surface area contributed by atoms with Crippen molar-refractivity contribution in [3.05, 3.63) is 59.9 Å². The number of fused-ring (bicyclic) bond motifs is 1. The highest BCUT2D eigenvalue weighted by Gasteiger charge is 2.17. The SMILES string of the molecule is Cc1c(Nc2c(C#N)cncc2-c2cnc(C=O)n2C)ccc2[nH]ccc12. The van der Waals surface area contributed by atoms with Gasteiger partial charge < -0.3 is 14.9 Å². The zero-order valence-electron chi connectivity index (χ0n) is 14.8. The summed E-state index contributed by atoms with van der Waals surface area (Å²) in [6, 6.07) is 8.17. The predicted octanol–water partition coefficient (Wildman–Crippen LogP) is 3.70. The number of H-pyrrole nitrogens is 1. The van der Waals surface area contributed by atoms with Crippen molar-refractivity contribution in [2.45, 2.75) is 6.92 Å². The number of aldehydes is 1. The predicted molar refractivity (Wildman–Crippen MR) is 103 cm³/mol. The molecule has 0 fully saturated rings. The number of aromatic nitrogens is 4. The average molecular weight is 356 g/mol. The fraction of sp³-hybridized carbons (Fsp3) is 0.100. The number of hydrogen-bond donors (Lipinski definition) is 2. The van der Waals surface area contributed by atoms with Crippen LogP contribution in [-0.4, -0.2) is 25.8 Å². The number of pyridine rings is 1. The number of carbonyl (C=O) groups excluding carboxylic acids is 1. The molecule has 0 spiro atoms. The zero-order chi connectivity index (χ0) is 19.0. The average Bonchev–Trinajstić information content (AvgIpc) is 3.31. The van der Waals surface area contributed by atoms with Crippen LogP contribution < -0.4 is 5.32 Å². The van der Waals surface area contributed by atoms with Crippen molar-refractivity contribution in [1.29, 1.82) is 5.26 Å². The second-order valence-electron chi connectivity index (χ2n) is 6.20. The fourth-order valence-electron chi connectivity index (χ4n) is 3.21. The zero-order valence-corrected chi connectivity index (χ0v) is 14.8. The van der Waals surface area contributed by atoms with Gasteiger partial charge in [-0.2, -0.15) is 5.26 Å². The van der Waals surface area contributed by atoms with Crippen molar-refractivity contribution >= 4 is 28.6 Å². The van der Waals surface area contributed by atoms with Crippen molar-refractivity contribution in [3.8, 4) is 17.3 Å². The first-order valence-corrected chi connectivity index (χ1v) is 8.33.